The van der Waals surface area contributed by atoms with Crippen LogP contribution in [0, 0.1) is 6.92 Å². The Bertz CT molecular complexity index is 1200. The largest absolute Gasteiger partial charge is 0.397 e. The normalized spacial score (nSPS) is 22.5. The quantitative estimate of drug-likeness (QED) is 0.518. The number of carbonyl (C=O) groups excluding carboxylic acids is 1. The predicted molar refractivity (Wildman–Crippen MR) is 130 cm³/mol. The molecule has 1 amide bonds. The van der Waals surface area contributed by atoms with Gasteiger partial charge in [-0.05, 0) is 44.7 Å². The van der Waals surface area contributed by atoms with E-state index in [0.717, 1.165) is 54.1 Å². The van der Waals surface area contributed by atoms with Crippen LogP contribution in [0.25, 0.3) is 10.2 Å². The van der Waals surface area contributed by atoms with E-state index in [9.17, 15) is 4.79 Å². The number of nitrogens with one attached hydrogen (secondary N) is 1. The summed E-state index contributed by atoms with van der Waals surface area (Å²) in [5, 5.41) is 3.89. The van der Waals surface area contributed by atoms with Gasteiger partial charge >= 0.3 is 0 Å². The number of carbonyl (C=O) groups is 1. The SMILES string of the molecule is CCOC1CN(c2ccc3c(n2)CCC(NC(=O)c2sc4nc(C)ncc4c2N)C3)CC1N. The summed E-state index contributed by atoms with van der Waals surface area (Å²) >= 11 is 1.31. The van der Waals surface area contributed by atoms with Crippen molar-refractivity contribution in [1.82, 2.24) is 20.3 Å². The molecule has 3 unspecified atom stereocenters. The van der Waals surface area contributed by atoms with Crippen molar-refractivity contribution >= 4 is 39.0 Å². The highest BCUT2D eigenvalue weighted by molar-refractivity contribution is 7.21. The maximum Gasteiger partial charge on any atom is 0.263 e. The first kappa shape index (κ1) is 22.0. The monoisotopic (exact) mass is 467 g/mol. The second-order valence-corrected chi connectivity index (χ2v) is 9.73. The van der Waals surface area contributed by atoms with Crippen molar-refractivity contribution in [2.45, 2.75) is 51.3 Å². The van der Waals surface area contributed by atoms with Crippen LogP contribution in [-0.4, -0.2) is 58.7 Å². The number of nitrogens with two attached hydrogens (primary N) is 2. The minimum absolute atomic E-state index is 0.00129. The van der Waals surface area contributed by atoms with Gasteiger partial charge in [0.15, 0.2) is 0 Å². The Hall–Kier alpha value is -2.82. The molecule has 174 valence electrons. The molecular formula is C23H29N7O2S. The first-order valence-electron chi connectivity index (χ1n) is 11.4. The van der Waals surface area contributed by atoms with Gasteiger partial charge in [0.1, 0.15) is 21.3 Å². The molecule has 0 saturated carbocycles. The molecule has 1 aliphatic heterocycles. The minimum Gasteiger partial charge on any atom is -0.397 e. The van der Waals surface area contributed by atoms with Crippen LogP contribution < -0.4 is 21.7 Å². The molecule has 3 atom stereocenters. The van der Waals surface area contributed by atoms with Crippen molar-refractivity contribution in [3.8, 4) is 0 Å². The first-order chi connectivity index (χ1) is 15.9. The van der Waals surface area contributed by atoms with Gasteiger partial charge in [0.05, 0.1) is 23.2 Å². The fourth-order valence-corrected chi connectivity index (χ4v) is 5.70. The second kappa shape index (κ2) is 8.85. The average molecular weight is 468 g/mol. The number of amides is 1. The number of thiophene rings is 1. The topological polar surface area (TPSA) is 132 Å². The van der Waals surface area contributed by atoms with Crippen molar-refractivity contribution < 1.29 is 9.53 Å². The van der Waals surface area contributed by atoms with Crippen LogP contribution >= 0.6 is 11.3 Å². The molecule has 0 spiro atoms. The van der Waals surface area contributed by atoms with Gasteiger partial charge in [-0.25, -0.2) is 15.0 Å². The molecule has 33 heavy (non-hydrogen) atoms. The number of nitrogen functional groups attached to an aromatic ring is 1. The van der Waals surface area contributed by atoms with Crippen molar-refractivity contribution in [1.29, 1.82) is 0 Å². The van der Waals surface area contributed by atoms with E-state index in [1.54, 1.807) is 6.20 Å². The van der Waals surface area contributed by atoms with Crippen LogP contribution in [0.1, 0.15) is 40.1 Å². The number of hydrogen-bond donors (Lipinski definition) is 3. The number of rotatable bonds is 5. The number of ether oxygens (including phenoxy) is 1. The van der Waals surface area contributed by atoms with Crippen molar-refractivity contribution in [3.63, 3.8) is 0 Å². The summed E-state index contributed by atoms with van der Waals surface area (Å²) in [5.41, 5.74) is 15.2. The van der Waals surface area contributed by atoms with E-state index in [4.69, 9.17) is 21.2 Å². The lowest BCUT2D eigenvalue weighted by atomic mass is 9.91. The fourth-order valence-electron chi connectivity index (χ4n) is 4.68. The third kappa shape index (κ3) is 4.25. The lowest BCUT2D eigenvalue weighted by Gasteiger charge is -2.26. The number of pyridine rings is 1. The number of aryl methyl sites for hydroxylation is 2. The van der Waals surface area contributed by atoms with E-state index < -0.39 is 0 Å². The minimum atomic E-state index is -0.154. The maximum absolute atomic E-state index is 13.0. The molecule has 5 rings (SSSR count). The van der Waals surface area contributed by atoms with Crippen LogP contribution in [0.15, 0.2) is 18.3 Å². The zero-order valence-corrected chi connectivity index (χ0v) is 19.7. The Labute approximate surface area is 196 Å². The molecule has 1 aliphatic carbocycles. The molecule has 1 fully saturated rings. The standard InChI is InChI=1S/C23H29N7O2S/c1-3-32-18-11-30(10-16(18)24)19-7-4-13-8-14(5-6-17(13)29-19)28-22(31)21-20(25)15-9-26-12(2)27-23(15)33-21/h4,7,9,14,16,18H,3,5-6,8,10-11,24-25H2,1-2H3,(H,28,31). The summed E-state index contributed by atoms with van der Waals surface area (Å²) in [6, 6.07) is 4.22. The van der Waals surface area contributed by atoms with Crippen LogP contribution in [0.5, 0.6) is 0 Å². The highest BCUT2D eigenvalue weighted by Crippen LogP contribution is 2.32. The van der Waals surface area contributed by atoms with Crippen LogP contribution in [-0.2, 0) is 17.6 Å². The molecule has 1 saturated heterocycles. The predicted octanol–water partition coefficient (Wildman–Crippen LogP) is 1.82. The zero-order valence-electron chi connectivity index (χ0n) is 18.9. The van der Waals surface area contributed by atoms with Gasteiger partial charge in [0.2, 0.25) is 0 Å². The molecule has 2 aliphatic rings. The number of nitrogens with zero attached hydrogens (tertiary/aromatic N) is 4. The van der Waals surface area contributed by atoms with Crippen LogP contribution in [0.3, 0.4) is 0 Å². The molecule has 5 N–H and O–H groups in total. The molecule has 10 heteroatoms. The summed E-state index contributed by atoms with van der Waals surface area (Å²) in [7, 11) is 0. The summed E-state index contributed by atoms with van der Waals surface area (Å²) in [6.07, 6.45) is 4.13. The summed E-state index contributed by atoms with van der Waals surface area (Å²) in [5.74, 6) is 1.46. The van der Waals surface area contributed by atoms with Crippen LogP contribution in [0.2, 0.25) is 0 Å². The Morgan fingerprint density at radius 1 is 1.33 bits per heavy atom. The molecule has 0 radical (unpaired) electrons. The van der Waals surface area contributed by atoms with E-state index >= 15 is 0 Å². The Morgan fingerprint density at radius 2 is 2.18 bits per heavy atom. The van der Waals surface area contributed by atoms with E-state index in [2.05, 4.69) is 32.3 Å². The smallest absolute Gasteiger partial charge is 0.263 e. The van der Waals surface area contributed by atoms with Crippen LogP contribution in [0.4, 0.5) is 11.5 Å². The highest BCUT2D eigenvalue weighted by atomic mass is 32.1. The lowest BCUT2D eigenvalue weighted by Crippen LogP contribution is -2.39. The molecule has 0 bridgehead atoms. The van der Waals surface area contributed by atoms with Gasteiger partial charge in [-0.2, -0.15) is 0 Å². The Morgan fingerprint density at radius 3 is 3.00 bits per heavy atom. The van der Waals surface area contributed by atoms with Gasteiger partial charge in [0.25, 0.3) is 5.91 Å². The number of hydrogen-bond acceptors (Lipinski definition) is 9. The fraction of sp³-hybridized carbons (Fsp3) is 0.478. The van der Waals surface area contributed by atoms with E-state index in [0.29, 0.717) is 23.0 Å². The summed E-state index contributed by atoms with van der Waals surface area (Å²) < 4.78 is 5.75. The van der Waals surface area contributed by atoms with Crippen molar-refractivity contribution in [2.75, 3.05) is 30.3 Å². The van der Waals surface area contributed by atoms with Gasteiger partial charge < -0.3 is 26.4 Å². The molecular weight excluding hydrogens is 438 g/mol. The van der Waals surface area contributed by atoms with Gasteiger partial charge in [-0.3, -0.25) is 4.79 Å². The molecule has 4 heterocycles. The number of anilines is 2. The van der Waals surface area contributed by atoms with E-state index in [1.165, 1.54) is 16.9 Å². The molecule has 9 nitrogen and oxygen atoms in total. The van der Waals surface area contributed by atoms with Crippen molar-refractivity contribution in [2.24, 2.45) is 5.73 Å². The maximum atomic E-state index is 13.0. The van der Waals surface area contributed by atoms with E-state index in [1.807, 2.05) is 13.8 Å². The third-order valence-corrected chi connectivity index (χ3v) is 7.53. The molecule has 0 aromatic carbocycles. The van der Waals surface area contributed by atoms with Gasteiger partial charge in [-0.1, -0.05) is 6.07 Å². The lowest BCUT2D eigenvalue weighted by molar-refractivity contribution is 0.0680. The third-order valence-electron chi connectivity index (χ3n) is 6.41. The molecule has 3 aromatic rings. The number of aromatic nitrogens is 3. The summed E-state index contributed by atoms with van der Waals surface area (Å²) in [4.78, 5) is 29.9. The number of fused-ring (bicyclic) bond motifs is 2. The summed E-state index contributed by atoms with van der Waals surface area (Å²) in [6.45, 7) is 5.99. The highest BCUT2D eigenvalue weighted by Gasteiger charge is 2.32. The zero-order chi connectivity index (χ0) is 23.1. The van der Waals surface area contributed by atoms with Crippen molar-refractivity contribution in [3.05, 3.63) is 40.3 Å². The first-order valence-corrected chi connectivity index (χ1v) is 12.2. The average Bonchev–Trinajstić information content (AvgIpc) is 3.33. The Balaban J connectivity index is 1.26. The van der Waals surface area contributed by atoms with Gasteiger partial charge in [0, 0.05) is 37.6 Å². The Kier molecular flexibility index (Phi) is 5.90. The molecule has 3 aromatic heterocycles. The van der Waals surface area contributed by atoms with Gasteiger partial charge in [-0.15, -0.1) is 11.3 Å². The second-order valence-electron chi connectivity index (χ2n) is 8.73. The van der Waals surface area contributed by atoms with E-state index in [-0.39, 0.29) is 24.1 Å².